The summed E-state index contributed by atoms with van der Waals surface area (Å²) in [7, 11) is 0. The molecule has 23 heavy (non-hydrogen) atoms. The Labute approximate surface area is 132 Å². The van der Waals surface area contributed by atoms with E-state index in [4.69, 9.17) is 11.1 Å². The molecule has 0 aromatic heterocycles. The van der Waals surface area contributed by atoms with Crippen molar-refractivity contribution >= 4 is 17.5 Å². The topological polar surface area (TPSA) is 156 Å². The lowest BCUT2D eigenvalue weighted by molar-refractivity contribution is -0.120. The monoisotopic (exact) mass is 316 g/mol. The standard InChI is InChI=1S/C13H16N8O2/c1-2-16-12(22)3-4-17-13(23)10-5-9(8-18-20-14)6-11(7-10)19-21-15/h5-7H,2-4,8H2,1H3,(H,16,22)(H,17,23). The Hall–Kier alpha value is -3.22. The molecule has 0 fully saturated rings. The first kappa shape index (κ1) is 17.8. The van der Waals surface area contributed by atoms with Gasteiger partial charge in [-0.05, 0) is 41.7 Å². The average molecular weight is 316 g/mol. The number of rotatable bonds is 8. The van der Waals surface area contributed by atoms with E-state index in [-0.39, 0.29) is 36.7 Å². The molecule has 0 radical (unpaired) electrons. The first-order valence-electron chi connectivity index (χ1n) is 6.85. The highest BCUT2D eigenvalue weighted by atomic mass is 16.2. The normalized spacial score (nSPS) is 9.26. The van der Waals surface area contributed by atoms with Crippen LogP contribution in [0, 0.1) is 0 Å². The third-order valence-electron chi connectivity index (χ3n) is 2.73. The number of hydrogen-bond donors (Lipinski definition) is 2. The summed E-state index contributed by atoms with van der Waals surface area (Å²) in [6.07, 6.45) is 0.168. The maximum atomic E-state index is 12.1. The number of nitrogens with one attached hydrogen (secondary N) is 2. The average Bonchev–Trinajstić information content (AvgIpc) is 2.53. The number of hydrogen-bond acceptors (Lipinski definition) is 4. The van der Waals surface area contributed by atoms with Crippen molar-refractivity contribution in [2.24, 2.45) is 10.2 Å². The van der Waals surface area contributed by atoms with Crippen molar-refractivity contribution in [2.45, 2.75) is 19.9 Å². The van der Waals surface area contributed by atoms with Gasteiger partial charge >= 0.3 is 0 Å². The van der Waals surface area contributed by atoms with E-state index in [0.717, 1.165) is 0 Å². The summed E-state index contributed by atoms with van der Waals surface area (Å²) in [6, 6.07) is 4.48. The van der Waals surface area contributed by atoms with E-state index in [9.17, 15) is 9.59 Å². The van der Waals surface area contributed by atoms with Crippen LogP contribution in [0.15, 0.2) is 28.4 Å². The largest absolute Gasteiger partial charge is 0.356 e. The quantitative estimate of drug-likeness (QED) is 0.429. The van der Waals surface area contributed by atoms with Gasteiger partial charge in [0.15, 0.2) is 0 Å². The van der Waals surface area contributed by atoms with Gasteiger partial charge in [-0.15, -0.1) is 0 Å². The van der Waals surface area contributed by atoms with Crippen LogP contribution in [-0.4, -0.2) is 24.9 Å². The number of azide groups is 2. The SMILES string of the molecule is CCNC(=O)CCNC(=O)c1cc(CN=[N+]=[N-])cc(N=[N+]=[N-])c1. The zero-order valence-electron chi connectivity index (χ0n) is 12.6. The first-order valence-corrected chi connectivity index (χ1v) is 6.85. The lowest BCUT2D eigenvalue weighted by atomic mass is 10.1. The van der Waals surface area contributed by atoms with E-state index in [1.807, 2.05) is 6.92 Å². The molecule has 0 saturated heterocycles. The number of carbonyl (C=O) groups is 2. The fourth-order valence-corrected chi connectivity index (χ4v) is 1.80. The van der Waals surface area contributed by atoms with Crippen molar-refractivity contribution in [3.8, 4) is 0 Å². The molecule has 2 amide bonds. The van der Waals surface area contributed by atoms with E-state index in [1.165, 1.54) is 18.2 Å². The fraction of sp³-hybridized carbons (Fsp3) is 0.385. The molecule has 1 aromatic rings. The molecular weight excluding hydrogens is 300 g/mol. The van der Waals surface area contributed by atoms with Gasteiger partial charge in [-0.3, -0.25) is 9.59 Å². The Morgan fingerprint density at radius 2 is 1.96 bits per heavy atom. The molecule has 1 rings (SSSR count). The van der Waals surface area contributed by atoms with Crippen LogP contribution in [0.2, 0.25) is 0 Å². The van der Waals surface area contributed by atoms with E-state index < -0.39 is 5.91 Å². The second kappa shape index (κ2) is 9.67. The molecule has 120 valence electrons. The maximum absolute atomic E-state index is 12.1. The van der Waals surface area contributed by atoms with Gasteiger partial charge in [0.1, 0.15) is 0 Å². The smallest absolute Gasteiger partial charge is 0.251 e. The van der Waals surface area contributed by atoms with Gasteiger partial charge in [-0.1, -0.05) is 10.2 Å². The summed E-state index contributed by atoms with van der Waals surface area (Å²) in [5.74, 6) is -0.564. The summed E-state index contributed by atoms with van der Waals surface area (Å²) in [4.78, 5) is 28.7. The van der Waals surface area contributed by atoms with Crippen molar-refractivity contribution in [1.82, 2.24) is 10.6 Å². The molecule has 10 heteroatoms. The molecule has 0 aliphatic heterocycles. The van der Waals surface area contributed by atoms with E-state index >= 15 is 0 Å². The Balaban J connectivity index is 2.81. The van der Waals surface area contributed by atoms with Crippen LogP contribution in [0.1, 0.15) is 29.3 Å². The predicted octanol–water partition coefficient (Wildman–Crippen LogP) is 2.69. The third-order valence-corrected chi connectivity index (χ3v) is 2.73. The summed E-state index contributed by atoms with van der Waals surface area (Å²) >= 11 is 0. The Morgan fingerprint density at radius 1 is 1.17 bits per heavy atom. The van der Waals surface area contributed by atoms with Gasteiger partial charge in [0, 0.05) is 40.6 Å². The van der Waals surface area contributed by atoms with Crippen molar-refractivity contribution < 1.29 is 9.59 Å². The van der Waals surface area contributed by atoms with E-state index in [1.54, 1.807) is 0 Å². The van der Waals surface area contributed by atoms with Crippen molar-refractivity contribution in [2.75, 3.05) is 13.1 Å². The number of amides is 2. The van der Waals surface area contributed by atoms with Gasteiger partial charge in [-0.25, -0.2) is 0 Å². The second-order valence-electron chi connectivity index (χ2n) is 4.43. The molecule has 0 spiro atoms. The molecule has 0 aliphatic rings. The minimum atomic E-state index is -0.411. The van der Waals surface area contributed by atoms with Crippen molar-refractivity contribution in [1.29, 1.82) is 0 Å². The van der Waals surface area contributed by atoms with Crippen molar-refractivity contribution in [3.63, 3.8) is 0 Å². The first-order chi connectivity index (χ1) is 11.1. The van der Waals surface area contributed by atoms with Gasteiger partial charge in [0.05, 0.1) is 6.54 Å². The van der Waals surface area contributed by atoms with Crippen LogP contribution in [-0.2, 0) is 11.3 Å². The molecule has 0 heterocycles. The highest BCUT2D eigenvalue weighted by molar-refractivity contribution is 5.95. The lowest BCUT2D eigenvalue weighted by Gasteiger charge is -2.08. The van der Waals surface area contributed by atoms with Gasteiger partial charge < -0.3 is 10.6 Å². The zero-order valence-corrected chi connectivity index (χ0v) is 12.6. The number of carbonyl (C=O) groups excluding carboxylic acids is 2. The molecule has 0 saturated carbocycles. The molecular formula is C13H16N8O2. The molecule has 0 aliphatic carbocycles. The van der Waals surface area contributed by atoms with Gasteiger partial charge in [0.25, 0.3) is 5.91 Å². The molecule has 0 bridgehead atoms. The number of benzene rings is 1. The van der Waals surface area contributed by atoms with Gasteiger partial charge in [0.2, 0.25) is 5.91 Å². The Bertz CT molecular complexity index is 675. The summed E-state index contributed by atoms with van der Waals surface area (Å²) in [6.45, 7) is 2.55. The van der Waals surface area contributed by atoms with Crippen LogP contribution < -0.4 is 10.6 Å². The lowest BCUT2D eigenvalue weighted by Crippen LogP contribution is -2.30. The van der Waals surface area contributed by atoms with E-state index in [2.05, 4.69) is 30.7 Å². The van der Waals surface area contributed by atoms with Crippen LogP contribution in [0.25, 0.3) is 20.9 Å². The zero-order chi connectivity index (χ0) is 17.1. The minimum absolute atomic E-state index is 0.0322. The van der Waals surface area contributed by atoms with Gasteiger partial charge in [-0.2, -0.15) is 0 Å². The maximum Gasteiger partial charge on any atom is 0.251 e. The van der Waals surface area contributed by atoms with Crippen molar-refractivity contribution in [3.05, 3.63) is 50.2 Å². The number of nitrogens with zero attached hydrogens (tertiary/aromatic N) is 6. The molecule has 0 unspecified atom stereocenters. The highest BCUT2D eigenvalue weighted by Crippen LogP contribution is 2.19. The summed E-state index contributed by atoms with van der Waals surface area (Å²) in [5.41, 5.74) is 17.9. The third kappa shape index (κ3) is 6.38. The molecule has 2 N–H and O–H groups in total. The highest BCUT2D eigenvalue weighted by Gasteiger charge is 2.09. The van der Waals surface area contributed by atoms with Crippen LogP contribution in [0.3, 0.4) is 0 Å². The fourth-order valence-electron chi connectivity index (χ4n) is 1.80. The second-order valence-corrected chi connectivity index (χ2v) is 4.43. The molecule has 1 aromatic carbocycles. The van der Waals surface area contributed by atoms with Crippen LogP contribution >= 0.6 is 0 Å². The Kier molecular flexibility index (Phi) is 7.50. The van der Waals surface area contributed by atoms with E-state index in [0.29, 0.717) is 12.1 Å². The Morgan fingerprint density at radius 3 is 2.61 bits per heavy atom. The van der Waals surface area contributed by atoms with Crippen LogP contribution in [0.5, 0.6) is 0 Å². The molecule has 10 nitrogen and oxygen atoms in total. The minimum Gasteiger partial charge on any atom is -0.356 e. The molecule has 0 atom stereocenters. The summed E-state index contributed by atoms with van der Waals surface area (Å²) < 4.78 is 0. The summed E-state index contributed by atoms with van der Waals surface area (Å²) in [5, 5.41) is 12.1. The predicted molar refractivity (Wildman–Crippen MR) is 83.7 cm³/mol. The van der Waals surface area contributed by atoms with Crippen LogP contribution in [0.4, 0.5) is 5.69 Å².